The van der Waals surface area contributed by atoms with E-state index in [0.29, 0.717) is 17.9 Å². The zero-order valence-electron chi connectivity index (χ0n) is 16.4. The van der Waals surface area contributed by atoms with Crippen LogP contribution in [-0.4, -0.2) is 18.7 Å². The highest BCUT2D eigenvalue weighted by atomic mass is 16.5. The summed E-state index contributed by atoms with van der Waals surface area (Å²) in [5, 5.41) is 4.81. The molecule has 0 spiro atoms. The van der Waals surface area contributed by atoms with E-state index in [9.17, 15) is 4.79 Å². The molecule has 1 heterocycles. The van der Waals surface area contributed by atoms with Crippen LogP contribution in [0.15, 0.2) is 88.4 Å². The number of ether oxygens (including phenoxy) is 2. The van der Waals surface area contributed by atoms with Crippen LogP contribution in [0.4, 0.5) is 0 Å². The number of fused-ring (bicyclic) bond motifs is 1. The highest BCUT2D eigenvalue weighted by Gasteiger charge is 2.12. The van der Waals surface area contributed by atoms with Crippen molar-refractivity contribution in [1.29, 1.82) is 0 Å². The molecule has 0 aliphatic heterocycles. The summed E-state index contributed by atoms with van der Waals surface area (Å²) in [4.78, 5) is 12.3. The molecule has 0 aliphatic rings. The Morgan fingerprint density at radius 2 is 1.80 bits per heavy atom. The number of carbonyl (C=O) groups excluding carboxylic acids is 1. The fourth-order valence-corrected chi connectivity index (χ4v) is 2.89. The summed E-state index contributed by atoms with van der Waals surface area (Å²) in [6.07, 6.45) is 1.55. The molecule has 1 aromatic heterocycles. The Kier molecular flexibility index (Phi) is 5.75. The summed E-state index contributed by atoms with van der Waals surface area (Å²) in [7, 11) is 0. The number of para-hydroxylation sites is 1. The van der Waals surface area contributed by atoms with Crippen LogP contribution in [0.5, 0.6) is 17.2 Å². The number of furan rings is 1. The molecule has 1 N–H and O–H groups in total. The lowest BCUT2D eigenvalue weighted by atomic mass is 10.2. The number of hydrazone groups is 1. The van der Waals surface area contributed by atoms with Gasteiger partial charge in [-0.3, -0.25) is 4.79 Å². The third-order valence-corrected chi connectivity index (χ3v) is 4.24. The van der Waals surface area contributed by atoms with Gasteiger partial charge in [0.25, 0.3) is 0 Å². The second-order valence-electron chi connectivity index (χ2n) is 6.43. The van der Waals surface area contributed by atoms with Crippen molar-refractivity contribution in [2.24, 2.45) is 5.10 Å². The third-order valence-electron chi connectivity index (χ3n) is 4.24. The van der Waals surface area contributed by atoms with Crippen LogP contribution >= 0.6 is 0 Å². The molecule has 1 amide bonds. The first-order valence-corrected chi connectivity index (χ1v) is 9.54. The van der Waals surface area contributed by atoms with Crippen LogP contribution in [-0.2, 0) is 0 Å². The Bertz CT molecular complexity index is 1180. The van der Waals surface area contributed by atoms with E-state index in [2.05, 4.69) is 10.5 Å². The minimum Gasteiger partial charge on any atom is -0.494 e. The summed E-state index contributed by atoms with van der Waals surface area (Å²) >= 11 is 0. The first kappa shape index (κ1) is 19.3. The molecule has 4 aromatic rings. The van der Waals surface area contributed by atoms with Crippen LogP contribution in [0, 0.1) is 0 Å². The van der Waals surface area contributed by atoms with Gasteiger partial charge in [-0.25, -0.2) is 5.43 Å². The van der Waals surface area contributed by atoms with Gasteiger partial charge in [0.1, 0.15) is 22.8 Å². The smallest absolute Gasteiger partial charge is 0.307 e. The van der Waals surface area contributed by atoms with Crippen LogP contribution in [0.3, 0.4) is 0 Å². The Morgan fingerprint density at radius 3 is 2.63 bits per heavy atom. The van der Waals surface area contributed by atoms with Crippen LogP contribution in [0.2, 0.25) is 0 Å². The molecule has 0 unspecified atom stereocenters. The number of nitrogens with one attached hydrogen (secondary N) is 1. The molecule has 0 saturated heterocycles. The van der Waals surface area contributed by atoms with Gasteiger partial charge in [-0.1, -0.05) is 30.3 Å². The van der Waals surface area contributed by atoms with Gasteiger partial charge in [0.2, 0.25) is 0 Å². The average molecular weight is 400 g/mol. The zero-order valence-corrected chi connectivity index (χ0v) is 16.4. The van der Waals surface area contributed by atoms with Crippen molar-refractivity contribution >= 4 is 23.1 Å². The predicted octanol–water partition coefficient (Wildman–Crippen LogP) is 5.39. The molecular formula is C24H20N2O4. The molecule has 6 nitrogen and oxygen atoms in total. The number of rotatable bonds is 7. The van der Waals surface area contributed by atoms with Crippen molar-refractivity contribution in [3.8, 4) is 17.2 Å². The maximum Gasteiger partial charge on any atom is 0.307 e. The highest BCUT2D eigenvalue weighted by molar-refractivity contribution is 5.96. The quantitative estimate of drug-likeness (QED) is 0.334. The lowest BCUT2D eigenvalue weighted by Gasteiger charge is -2.05. The Labute approximate surface area is 173 Å². The van der Waals surface area contributed by atoms with Gasteiger partial charge in [0.05, 0.1) is 12.8 Å². The van der Waals surface area contributed by atoms with E-state index in [0.717, 1.165) is 22.4 Å². The summed E-state index contributed by atoms with van der Waals surface area (Å²) < 4.78 is 16.9. The van der Waals surface area contributed by atoms with Crippen molar-refractivity contribution in [3.05, 3.63) is 90.2 Å². The zero-order chi connectivity index (χ0) is 20.8. The Morgan fingerprint density at radius 1 is 0.967 bits per heavy atom. The van der Waals surface area contributed by atoms with Gasteiger partial charge in [-0.05, 0) is 61.0 Å². The first-order valence-electron chi connectivity index (χ1n) is 9.54. The first-order chi connectivity index (χ1) is 14.7. The molecule has 4 rings (SSSR count). The van der Waals surface area contributed by atoms with E-state index in [4.69, 9.17) is 13.9 Å². The van der Waals surface area contributed by atoms with E-state index in [1.807, 2.05) is 67.6 Å². The molecule has 6 heteroatoms. The molecule has 0 atom stereocenters. The third kappa shape index (κ3) is 4.67. The summed E-state index contributed by atoms with van der Waals surface area (Å²) in [5.74, 6) is 1.90. The number of amides is 1. The van der Waals surface area contributed by atoms with Crippen molar-refractivity contribution in [1.82, 2.24) is 5.43 Å². The van der Waals surface area contributed by atoms with E-state index in [1.54, 1.807) is 24.4 Å². The predicted molar refractivity (Wildman–Crippen MR) is 115 cm³/mol. The lowest BCUT2D eigenvalue weighted by Crippen LogP contribution is -2.16. The average Bonchev–Trinajstić information content (AvgIpc) is 3.19. The van der Waals surface area contributed by atoms with Gasteiger partial charge in [0.15, 0.2) is 5.76 Å². The van der Waals surface area contributed by atoms with Crippen LogP contribution < -0.4 is 14.9 Å². The van der Waals surface area contributed by atoms with E-state index in [1.165, 1.54) is 0 Å². The highest BCUT2D eigenvalue weighted by Crippen LogP contribution is 2.24. The molecular weight excluding hydrogens is 380 g/mol. The van der Waals surface area contributed by atoms with E-state index >= 15 is 0 Å². The largest absolute Gasteiger partial charge is 0.494 e. The fourth-order valence-electron chi connectivity index (χ4n) is 2.89. The second kappa shape index (κ2) is 8.96. The Hall–Kier alpha value is -4.06. The molecule has 0 bridgehead atoms. The standard InChI is InChI=1S/C24H20N2O4/c1-2-28-20-11-12-22-18(14-20)15-23(30-22)24(27)26-25-16-17-7-6-10-21(13-17)29-19-8-4-3-5-9-19/h3-16H,2H2,1H3,(H,26,27)/b25-16+. The summed E-state index contributed by atoms with van der Waals surface area (Å²) in [6.45, 7) is 2.49. The second-order valence-corrected chi connectivity index (χ2v) is 6.43. The molecule has 0 saturated carbocycles. The normalized spacial score (nSPS) is 11.0. The van der Waals surface area contributed by atoms with Crippen LogP contribution in [0.25, 0.3) is 11.0 Å². The maximum absolute atomic E-state index is 12.3. The number of hydrogen-bond acceptors (Lipinski definition) is 5. The van der Waals surface area contributed by atoms with Crippen molar-refractivity contribution in [3.63, 3.8) is 0 Å². The summed E-state index contributed by atoms with van der Waals surface area (Å²) in [6, 6.07) is 24.0. The molecule has 0 aliphatic carbocycles. The number of carbonyl (C=O) groups is 1. The molecule has 30 heavy (non-hydrogen) atoms. The fraction of sp³-hybridized carbons (Fsp3) is 0.0833. The number of nitrogens with zero attached hydrogens (tertiary/aromatic N) is 1. The van der Waals surface area contributed by atoms with Gasteiger partial charge in [-0.2, -0.15) is 5.10 Å². The summed E-state index contributed by atoms with van der Waals surface area (Å²) in [5.41, 5.74) is 3.88. The van der Waals surface area contributed by atoms with Crippen LogP contribution in [0.1, 0.15) is 23.0 Å². The monoisotopic (exact) mass is 400 g/mol. The topological polar surface area (TPSA) is 73.1 Å². The molecule has 0 radical (unpaired) electrons. The minimum absolute atomic E-state index is 0.178. The van der Waals surface area contributed by atoms with Crippen molar-refractivity contribution < 1.29 is 18.7 Å². The van der Waals surface area contributed by atoms with Gasteiger partial charge < -0.3 is 13.9 Å². The van der Waals surface area contributed by atoms with Gasteiger partial charge in [-0.15, -0.1) is 0 Å². The number of hydrogen-bond donors (Lipinski definition) is 1. The maximum atomic E-state index is 12.3. The van der Waals surface area contributed by atoms with Crippen molar-refractivity contribution in [2.75, 3.05) is 6.61 Å². The van der Waals surface area contributed by atoms with Crippen molar-refractivity contribution in [2.45, 2.75) is 6.92 Å². The lowest BCUT2D eigenvalue weighted by molar-refractivity contribution is 0.0929. The molecule has 3 aromatic carbocycles. The number of benzene rings is 3. The SMILES string of the molecule is CCOc1ccc2oc(C(=O)N/N=C/c3cccc(Oc4ccccc4)c3)cc2c1. The van der Waals surface area contributed by atoms with E-state index in [-0.39, 0.29) is 5.76 Å². The van der Waals surface area contributed by atoms with Gasteiger partial charge >= 0.3 is 5.91 Å². The molecule has 0 fully saturated rings. The molecule has 150 valence electrons. The van der Waals surface area contributed by atoms with E-state index < -0.39 is 5.91 Å². The minimum atomic E-state index is -0.433. The Balaban J connectivity index is 1.41. The van der Waals surface area contributed by atoms with Gasteiger partial charge in [0, 0.05) is 5.39 Å².